The molecular weight excluding hydrogens is 316 g/mol. The monoisotopic (exact) mass is 344 g/mol. The molecule has 1 aromatic carbocycles. The Balaban J connectivity index is 1.35. The number of para-hydroxylation sites is 1. The average Bonchev–Trinajstić information content (AvgIpc) is 3.46. The topological polar surface area (TPSA) is 50.8 Å². The van der Waals surface area contributed by atoms with E-state index < -0.39 is 0 Å². The molecule has 5 heteroatoms. The predicted molar refractivity (Wildman–Crippen MR) is 95.8 cm³/mol. The van der Waals surface area contributed by atoms with Crippen LogP contribution in [0.3, 0.4) is 0 Å². The molecule has 136 valence electrons. The molecule has 1 aromatic rings. The first kappa shape index (κ1) is 16.7. The van der Waals surface area contributed by atoms with E-state index in [0.717, 1.165) is 62.4 Å². The molecule has 0 radical (unpaired) electrons. The number of carbonyl (C=O) groups excluding carboxylic acids is 1. The van der Waals surface area contributed by atoms with E-state index in [1.165, 1.54) is 0 Å². The molecule has 3 aliphatic rings. The highest BCUT2D eigenvalue weighted by Gasteiger charge is 2.36. The Morgan fingerprint density at radius 2 is 2.08 bits per heavy atom. The summed E-state index contributed by atoms with van der Waals surface area (Å²) >= 11 is 0. The van der Waals surface area contributed by atoms with E-state index in [-0.39, 0.29) is 0 Å². The highest BCUT2D eigenvalue weighted by atomic mass is 16.5. The number of amides is 1. The zero-order valence-electron chi connectivity index (χ0n) is 15.0. The summed E-state index contributed by atoms with van der Waals surface area (Å²) in [6.45, 7) is 6.20. The van der Waals surface area contributed by atoms with Crippen molar-refractivity contribution in [1.82, 2.24) is 10.2 Å². The van der Waals surface area contributed by atoms with Crippen molar-refractivity contribution in [1.29, 1.82) is 0 Å². The lowest BCUT2D eigenvalue weighted by Crippen LogP contribution is -2.50. The van der Waals surface area contributed by atoms with Gasteiger partial charge in [0.05, 0.1) is 13.2 Å². The van der Waals surface area contributed by atoms with E-state index in [2.05, 4.69) is 23.2 Å². The van der Waals surface area contributed by atoms with Crippen LogP contribution in [-0.2, 0) is 11.3 Å². The van der Waals surface area contributed by atoms with Crippen LogP contribution < -0.4 is 14.8 Å². The Hall–Kier alpha value is -1.75. The third kappa shape index (κ3) is 3.76. The fraction of sp³-hybridized carbons (Fsp3) is 0.650. The Labute approximate surface area is 149 Å². The lowest BCUT2D eigenvalue weighted by atomic mass is 9.93. The van der Waals surface area contributed by atoms with Gasteiger partial charge in [-0.25, -0.2) is 0 Å². The standard InChI is InChI=1S/C20H28N2O3/c1-14-13-22(20(23)15-6-7-15)9-8-17(14)21-12-16-4-2-5-18-19(16)25-11-3-10-24-18/h2,4-5,14-15,17,21H,3,6-13H2,1H3/t14-,17-/m1/s1. The molecule has 2 atom stereocenters. The molecule has 1 N–H and O–H groups in total. The molecule has 0 spiro atoms. The van der Waals surface area contributed by atoms with E-state index in [9.17, 15) is 4.79 Å². The number of nitrogens with one attached hydrogen (secondary N) is 1. The van der Waals surface area contributed by atoms with Gasteiger partial charge in [0, 0.05) is 43.6 Å². The van der Waals surface area contributed by atoms with E-state index in [1.807, 2.05) is 12.1 Å². The minimum Gasteiger partial charge on any atom is -0.490 e. The van der Waals surface area contributed by atoms with Gasteiger partial charge in [0.15, 0.2) is 11.5 Å². The van der Waals surface area contributed by atoms with Crippen LogP contribution in [0.5, 0.6) is 11.5 Å². The van der Waals surface area contributed by atoms with Crippen molar-refractivity contribution in [2.45, 2.75) is 45.2 Å². The molecule has 0 unspecified atom stereocenters. The number of nitrogens with zero attached hydrogens (tertiary/aromatic N) is 1. The van der Waals surface area contributed by atoms with E-state index >= 15 is 0 Å². The van der Waals surface area contributed by atoms with Gasteiger partial charge in [-0.1, -0.05) is 19.1 Å². The molecule has 5 nitrogen and oxygen atoms in total. The Bertz CT molecular complexity index is 629. The van der Waals surface area contributed by atoms with Crippen molar-refractivity contribution in [2.75, 3.05) is 26.3 Å². The van der Waals surface area contributed by atoms with Gasteiger partial charge in [-0.3, -0.25) is 4.79 Å². The van der Waals surface area contributed by atoms with Crippen LogP contribution in [0.15, 0.2) is 18.2 Å². The summed E-state index contributed by atoms with van der Waals surface area (Å²) in [5, 5.41) is 3.69. The normalized spacial score (nSPS) is 26.2. The second-order valence-electron chi connectivity index (χ2n) is 7.61. The summed E-state index contributed by atoms with van der Waals surface area (Å²) in [7, 11) is 0. The van der Waals surface area contributed by atoms with E-state index in [4.69, 9.17) is 9.47 Å². The average molecular weight is 344 g/mol. The Kier molecular flexibility index (Phi) is 4.84. The van der Waals surface area contributed by atoms with Crippen molar-refractivity contribution >= 4 is 5.91 Å². The number of hydrogen-bond donors (Lipinski definition) is 1. The number of piperidine rings is 1. The van der Waals surface area contributed by atoms with Gasteiger partial charge in [0.1, 0.15) is 0 Å². The van der Waals surface area contributed by atoms with Gasteiger partial charge < -0.3 is 19.7 Å². The number of likely N-dealkylation sites (tertiary alicyclic amines) is 1. The van der Waals surface area contributed by atoms with Crippen LogP contribution in [0.4, 0.5) is 0 Å². The Morgan fingerprint density at radius 1 is 1.24 bits per heavy atom. The predicted octanol–water partition coefficient (Wildman–Crippen LogP) is 2.58. The van der Waals surface area contributed by atoms with Crippen molar-refractivity contribution < 1.29 is 14.3 Å². The van der Waals surface area contributed by atoms with Gasteiger partial charge in [0.25, 0.3) is 0 Å². The van der Waals surface area contributed by atoms with Crippen LogP contribution in [0.2, 0.25) is 0 Å². The molecule has 2 heterocycles. The smallest absolute Gasteiger partial charge is 0.225 e. The molecule has 1 aliphatic carbocycles. The van der Waals surface area contributed by atoms with Gasteiger partial charge in [-0.2, -0.15) is 0 Å². The van der Waals surface area contributed by atoms with Crippen molar-refractivity contribution in [2.24, 2.45) is 11.8 Å². The maximum Gasteiger partial charge on any atom is 0.225 e. The van der Waals surface area contributed by atoms with Gasteiger partial charge in [-0.15, -0.1) is 0 Å². The zero-order valence-corrected chi connectivity index (χ0v) is 15.0. The molecular formula is C20H28N2O3. The highest BCUT2D eigenvalue weighted by molar-refractivity contribution is 5.81. The third-order valence-electron chi connectivity index (χ3n) is 5.55. The number of ether oxygens (including phenoxy) is 2. The van der Waals surface area contributed by atoms with E-state index in [1.54, 1.807) is 0 Å². The molecule has 1 saturated heterocycles. The maximum absolute atomic E-state index is 12.3. The van der Waals surface area contributed by atoms with Gasteiger partial charge in [0.2, 0.25) is 5.91 Å². The molecule has 0 bridgehead atoms. The Morgan fingerprint density at radius 3 is 2.88 bits per heavy atom. The summed E-state index contributed by atoms with van der Waals surface area (Å²) in [5.74, 6) is 2.92. The second-order valence-corrected chi connectivity index (χ2v) is 7.61. The first-order chi connectivity index (χ1) is 12.2. The van der Waals surface area contributed by atoms with Crippen molar-refractivity contribution in [3.05, 3.63) is 23.8 Å². The number of fused-ring (bicyclic) bond motifs is 1. The minimum absolute atomic E-state index is 0.327. The molecule has 1 saturated carbocycles. The molecule has 4 rings (SSSR count). The fourth-order valence-electron chi connectivity index (χ4n) is 3.87. The lowest BCUT2D eigenvalue weighted by molar-refractivity contribution is -0.134. The van der Waals surface area contributed by atoms with Crippen LogP contribution in [0, 0.1) is 11.8 Å². The molecule has 2 fully saturated rings. The zero-order chi connectivity index (χ0) is 17.2. The van der Waals surface area contributed by atoms with Crippen LogP contribution in [-0.4, -0.2) is 43.2 Å². The number of benzene rings is 1. The van der Waals surface area contributed by atoms with Gasteiger partial charge >= 0.3 is 0 Å². The first-order valence-corrected chi connectivity index (χ1v) is 9.62. The second kappa shape index (κ2) is 7.24. The van der Waals surface area contributed by atoms with E-state index in [0.29, 0.717) is 37.0 Å². The summed E-state index contributed by atoms with van der Waals surface area (Å²) in [6, 6.07) is 6.56. The SMILES string of the molecule is C[C@@H]1CN(C(=O)C2CC2)CC[C@H]1NCc1cccc2c1OCCCO2. The first-order valence-electron chi connectivity index (χ1n) is 9.62. The van der Waals surface area contributed by atoms with Crippen molar-refractivity contribution in [3.8, 4) is 11.5 Å². The molecule has 1 amide bonds. The summed E-state index contributed by atoms with van der Waals surface area (Å²) < 4.78 is 11.7. The van der Waals surface area contributed by atoms with Crippen LogP contribution in [0.25, 0.3) is 0 Å². The highest BCUT2D eigenvalue weighted by Crippen LogP contribution is 2.34. The lowest BCUT2D eigenvalue weighted by Gasteiger charge is -2.37. The van der Waals surface area contributed by atoms with Crippen LogP contribution in [0.1, 0.15) is 38.2 Å². The number of hydrogen-bond acceptors (Lipinski definition) is 4. The summed E-state index contributed by atoms with van der Waals surface area (Å²) in [4.78, 5) is 14.3. The molecule has 0 aromatic heterocycles. The fourth-order valence-corrected chi connectivity index (χ4v) is 3.87. The van der Waals surface area contributed by atoms with Crippen LogP contribution >= 0.6 is 0 Å². The quantitative estimate of drug-likeness (QED) is 0.912. The van der Waals surface area contributed by atoms with Gasteiger partial charge in [-0.05, 0) is 31.2 Å². The molecule has 25 heavy (non-hydrogen) atoms. The van der Waals surface area contributed by atoms with Crippen molar-refractivity contribution in [3.63, 3.8) is 0 Å². The largest absolute Gasteiger partial charge is 0.490 e. The minimum atomic E-state index is 0.327. The third-order valence-corrected chi connectivity index (χ3v) is 5.55. The molecule has 2 aliphatic heterocycles. The maximum atomic E-state index is 12.3. The number of rotatable bonds is 4. The number of carbonyl (C=O) groups is 1. The summed E-state index contributed by atoms with van der Waals surface area (Å²) in [6.07, 6.45) is 4.12. The summed E-state index contributed by atoms with van der Waals surface area (Å²) in [5.41, 5.74) is 1.16.